The molecule has 0 aliphatic heterocycles. The molecule has 0 aromatic carbocycles. The molecular formula is C40H90. The van der Waals surface area contributed by atoms with Crippen LogP contribution in [-0.4, -0.2) is 0 Å². The van der Waals surface area contributed by atoms with Crippen LogP contribution in [0.2, 0.25) is 0 Å². The van der Waals surface area contributed by atoms with Gasteiger partial charge in [0.05, 0.1) is 0 Å². The lowest BCUT2D eigenvalue weighted by molar-refractivity contribution is 0.518. The topological polar surface area (TPSA) is 0 Å². The number of hydrogen-bond donors (Lipinski definition) is 0. The van der Waals surface area contributed by atoms with Crippen molar-refractivity contribution in [3.05, 3.63) is 0 Å². The summed E-state index contributed by atoms with van der Waals surface area (Å²) in [6.07, 6.45) is 28.1. The molecule has 0 aliphatic rings. The third kappa shape index (κ3) is 83.2. The fourth-order valence-electron chi connectivity index (χ4n) is 4.13. The Morgan fingerprint density at radius 1 is 0.225 bits per heavy atom. The summed E-state index contributed by atoms with van der Waals surface area (Å²) in [4.78, 5) is 0. The highest BCUT2D eigenvalue weighted by molar-refractivity contribution is 4.48. The maximum Gasteiger partial charge on any atom is -0.0471 e. The van der Waals surface area contributed by atoms with Gasteiger partial charge in [-0.05, 0) is 29.6 Å². The molecule has 0 aliphatic carbocycles. The van der Waals surface area contributed by atoms with Gasteiger partial charge in [0, 0.05) is 0 Å². The average molecular weight is 571 g/mol. The number of hydrogen-bond acceptors (Lipinski definition) is 0. The molecule has 40 heavy (non-hydrogen) atoms. The van der Waals surface area contributed by atoms with Gasteiger partial charge in [0.25, 0.3) is 0 Å². The van der Waals surface area contributed by atoms with Crippen LogP contribution < -0.4 is 0 Å². The molecule has 0 fully saturated rings. The summed E-state index contributed by atoms with van der Waals surface area (Å²) in [7, 11) is 0. The van der Waals surface area contributed by atoms with Crippen LogP contribution >= 0.6 is 0 Å². The minimum Gasteiger partial charge on any atom is -0.0654 e. The molecule has 0 heteroatoms. The second kappa shape index (κ2) is 46.0. The van der Waals surface area contributed by atoms with Crippen LogP contribution in [-0.2, 0) is 0 Å². The second-order valence-corrected chi connectivity index (χ2v) is 14.4. The van der Waals surface area contributed by atoms with Gasteiger partial charge in [0.1, 0.15) is 0 Å². The third-order valence-electron chi connectivity index (χ3n) is 6.91. The van der Waals surface area contributed by atoms with E-state index >= 15 is 0 Å². The minimum absolute atomic E-state index is 0.898. The highest BCUT2D eigenvalue weighted by atomic mass is 14.0. The van der Waals surface area contributed by atoms with Crippen molar-refractivity contribution in [3.8, 4) is 0 Å². The molecule has 0 amide bonds. The molecule has 0 rings (SSSR count). The van der Waals surface area contributed by atoms with Crippen LogP contribution in [0.25, 0.3) is 0 Å². The van der Waals surface area contributed by atoms with Crippen molar-refractivity contribution >= 4 is 0 Å². The maximum absolute atomic E-state index is 2.31. The van der Waals surface area contributed by atoms with Crippen molar-refractivity contribution in [3.63, 3.8) is 0 Å². The lowest BCUT2D eigenvalue weighted by Crippen LogP contribution is -1.86. The van der Waals surface area contributed by atoms with Gasteiger partial charge in [-0.3, -0.25) is 0 Å². The largest absolute Gasteiger partial charge is 0.0654 e. The van der Waals surface area contributed by atoms with E-state index in [-0.39, 0.29) is 0 Å². The molecular weight excluding hydrogens is 480 g/mol. The van der Waals surface area contributed by atoms with E-state index in [0.29, 0.717) is 0 Å². The molecule has 0 aromatic heterocycles. The predicted octanol–water partition coefficient (Wildman–Crippen LogP) is 16.1. The van der Waals surface area contributed by atoms with E-state index in [4.69, 9.17) is 0 Å². The molecule has 0 unspecified atom stereocenters. The molecule has 0 saturated heterocycles. The van der Waals surface area contributed by atoms with Gasteiger partial charge in [-0.15, -0.1) is 0 Å². The number of rotatable bonds is 20. The highest BCUT2D eigenvalue weighted by Crippen LogP contribution is 2.10. The molecule has 0 aromatic rings. The summed E-state index contributed by atoms with van der Waals surface area (Å²) < 4.78 is 0. The van der Waals surface area contributed by atoms with Crippen molar-refractivity contribution in [2.75, 3.05) is 0 Å². The van der Waals surface area contributed by atoms with Gasteiger partial charge in [-0.2, -0.15) is 0 Å². The Hall–Kier alpha value is 0. The molecule has 0 radical (unpaired) electrons. The molecule has 250 valence electrons. The average Bonchev–Trinajstić information content (AvgIpc) is 2.86. The van der Waals surface area contributed by atoms with Crippen LogP contribution in [0.15, 0.2) is 0 Å². The van der Waals surface area contributed by atoms with Crippen molar-refractivity contribution in [1.82, 2.24) is 0 Å². The van der Waals surface area contributed by atoms with Crippen molar-refractivity contribution in [2.45, 2.75) is 232 Å². The Balaban J connectivity index is -0.000000129. The molecule has 0 atom stereocenters. The fraction of sp³-hybridized carbons (Fsp3) is 1.00. The summed E-state index contributed by atoms with van der Waals surface area (Å²) in [6.45, 7) is 34.1. The van der Waals surface area contributed by atoms with E-state index in [9.17, 15) is 0 Å². The van der Waals surface area contributed by atoms with Crippen LogP contribution in [0, 0.1) is 29.6 Å². The first-order chi connectivity index (χ1) is 18.9. The lowest BCUT2D eigenvalue weighted by Gasteiger charge is -2.02. The minimum atomic E-state index is 0.898. The van der Waals surface area contributed by atoms with E-state index in [1.807, 2.05) is 0 Å². The summed E-state index contributed by atoms with van der Waals surface area (Å²) in [5, 5.41) is 0. The molecule has 0 nitrogen and oxygen atoms in total. The van der Waals surface area contributed by atoms with Gasteiger partial charge in [-0.25, -0.2) is 0 Å². The quantitative estimate of drug-likeness (QED) is 0.128. The zero-order chi connectivity index (χ0) is 32.0. The van der Waals surface area contributed by atoms with Crippen LogP contribution in [0.5, 0.6) is 0 Å². The summed E-state index contributed by atoms with van der Waals surface area (Å²) in [6, 6.07) is 0. The Morgan fingerprint density at radius 3 is 0.675 bits per heavy atom. The Bertz CT molecular complexity index is 349. The Labute approximate surface area is 261 Å². The zero-order valence-electron chi connectivity index (χ0n) is 32.0. The number of unbranched alkanes of at least 4 members (excludes halogenated alkanes) is 10. The molecule has 0 N–H and O–H groups in total. The standard InChI is InChI=1S/C10H22.C9H20.C8H18.C7H16.C6H14/c1-4-5-6-7-8-9-10(2)3;1-4-5-6-7-8-9(2)3;1-4-5-6-7-8(2)3;1-4-5-6-7(2)3;1-4-5-6(2)3/h10H,4-9H2,1-3H3;9H,4-8H2,1-3H3;8H,4-7H2,1-3H3;7H,4-6H2,1-3H3;6H,4-5H2,1-3H3. The van der Waals surface area contributed by atoms with Gasteiger partial charge < -0.3 is 0 Å². The molecule has 0 spiro atoms. The first kappa shape index (κ1) is 49.7. The fourth-order valence-corrected chi connectivity index (χ4v) is 4.13. The normalized spacial score (nSPS) is 10.5. The van der Waals surface area contributed by atoms with Crippen molar-refractivity contribution in [1.29, 1.82) is 0 Å². The first-order valence-corrected chi connectivity index (χ1v) is 18.9. The Kier molecular flexibility index (Phi) is 57.1. The zero-order valence-corrected chi connectivity index (χ0v) is 32.0. The van der Waals surface area contributed by atoms with E-state index in [2.05, 4.69) is 104 Å². The van der Waals surface area contributed by atoms with Crippen LogP contribution in [0.1, 0.15) is 232 Å². The van der Waals surface area contributed by atoms with Gasteiger partial charge in [0.15, 0.2) is 0 Å². The third-order valence-corrected chi connectivity index (χ3v) is 6.91. The van der Waals surface area contributed by atoms with Crippen molar-refractivity contribution < 1.29 is 0 Å². The van der Waals surface area contributed by atoms with E-state index in [1.165, 1.54) is 128 Å². The summed E-state index contributed by atoms with van der Waals surface area (Å²) in [5.74, 6) is 4.51. The van der Waals surface area contributed by atoms with Gasteiger partial charge in [-0.1, -0.05) is 232 Å². The van der Waals surface area contributed by atoms with Gasteiger partial charge in [0.2, 0.25) is 0 Å². The maximum atomic E-state index is 2.31. The summed E-state index contributed by atoms with van der Waals surface area (Å²) >= 11 is 0. The second-order valence-electron chi connectivity index (χ2n) is 14.4. The van der Waals surface area contributed by atoms with Crippen LogP contribution in [0.4, 0.5) is 0 Å². The van der Waals surface area contributed by atoms with E-state index in [0.717, 1.165) is 29.6 Å². The van der Waals surface area contributed by atoms with Crippen LogP contribution in [0.3, 0.4) is 0 Å². The smallest absolute Gasteiger partial charge is 0.0471 e. The SMILES string of the molecule is CCCC(C)C.CCCCC(C)C.CCCCCC(C)C.CCCCCCC(C)C.CCCCCCCC(C)C. The highest BCUT2D eigenvalue weighted by Gasteiger charge is 1.94. The molecule has 0 heterocycles. The van der Waals surface area contributed by atoms with E-state index < -0.39 is 0 Å². The molecule has 0 saturated carbocycles. The monoisotopic (exact) mass is 571 g/mol. The summed E-state index contributed by atoms with van der Waals surface area (Å²) in [5.41, 5.74) is 0. The lowest BCUT2D eigenvalue weighted by atomic mass is 10.0. The first-order valence-electron chi connectivity index (χ1n) is 18.9. The predicted molar refractivity (Wildman–Crippen MR) is 195 cm³/mol. The van der Waals surface area contributed by atoms with E-state index in [1.54, 1.807) is 0 Å². The van der Waals surface area contributed by atoms with Gasteiger partial charge >= 0.3 is 0 Å². The Morgan fingerprint density at radius 2 is 0.450 bits per heavy atom. The van der Waals surface area contributed by atoms with Crippen molar-refractivity contribution in [2.24, 2.45) is 29.6 Å². The molecule has 0 bridgehead atoms.